The Bertz CT molecular complexity index is 1170. The number of aromatic nitrogens is 3. The van der Waals surface area contributed by atoms with Crippen LogP contribution >= 0.6 is 0 Å². The highest BCUT2D eigenvalue weighted by molar-refractivity contribution is 5.93. The summed E-state index contributed by atoms with van der Waals surface area (Å²) >= 11 is 0. The van der Waals surface area contributed by atoms with Crippen LogP contribution in [0.1, 0.15) is 30.4 Å². The molecule has 0 unspecified atom stereocenters. The minimum Gasteiger partial charge on any atom is -0.619 e. The number of hydrogen-bond acceptors (Lipinski definition) is 4. The van der Waals surface area contributed by atoms with Gasteiger partial charge in [0.2, 0.25) is 5.91 Å². The molecule has 4 rings (SSSR count). The van der Waals surface area contributed by atoms with E-state index in [1.807, 2.05) is 0 Å². The van der Waals surface area contributed by atoms with E-state index in [2.05, 4.69) is 10.3 Å². The highest BCUT2D eigenvalue weighted by atomic mass is 19.3. The van der Waals surface area contributed by atoms with Crippen molar-refractivity contribution in [2.45, 2.75) is 37.8 Å². The second-order valence-electron chi connectivity index (χ2n) is 8.39. The first-order valence-corrected chi connectivity index (χ1v) is 10.7. The van der Waals surface area contributed by atoms with Crippen LogP contribution in [0.2, 0.25) is 0 Å². The Balaban J connectivity index is 1.39. The zero-order valence-electron chi connectivity index (χ0n) is 18.3. The van der Waals surface area contributed by atoms with Gasteiger partial charge in [-0.15, -0.1) is 0 Å². The number of anilines is 1. The summed E-state index contributed by atoms with van der Waals surface area (Å²) in [7, 11) is 0. The standard InChI is InChI=1S/C23H23F4N5O2/c1-15(31-9-6-23(26,27)18(12-31)17-4-7-32(34)8-5-17)22(33)29-21-13-30(14-28-21)11-16-2-3-19(24)20(25)10-16/h2-5,7-8,10,13-15,18H,6,9,11-12H2,1H3,(H,29,33)/t15-,18+/m0/s1. The zero-order valence-corrected chi connectivity index (χ0v) is 18.3. The minimum absolute atomic E-state index is 0.0387. The average molecular weight is 477 g/mol. The molecule has 1 aliphatic rings. The highest BCUT2D eigenvalue weighted by Crippen LogP contribution is 2.40. The molecular formula is C23H23F4N5O2. The van der Waals surface area contributed by atoms with Gasteiger partial charge in [-0.05, 0) is 30.2 Å². The Morgan fingerprint density at radius 2 is 2.00 bits per heavy atom. The van der Waals surface area contributed by atoms with E-state index in [0.29, 0.717) is 15.9 Å². The van der Waals surface area contributed by atoms with Gasteiger partial charge in [-0.2, -0.15) is 4.73 Å². The number of imidazole rings is 1. The van der Waals surface area contributed by atoms with E-state index >= 15 is 0 Å². The topological polar surface area (TPSA) is 77.1 Å². The molecule has 2 atom stereocenters. The Morgan fingerprint density at radius 1 is 1.26 bits per heavy atom. The molecule has 1 saturated heterocycles. The molecule has 3 aromatic rings. The number of pyridine rings is 1. The molecule has 1 amide bonds. The lowest BCUT2D eigenvalue weighted by Gasteiger charge is -2.40. The molecule has 1 fully saturated rings. The van der Waals surface area contributed by atoms with Crippen LogP contribution < -0.4 is 10.0 Å². The van der Waals surface area contributed by atoms with Crippen LogP contribution in [-0.4, -0.2) is 45.4 Å². The molecule has 0 aliphatic carbocycles. The molecule has 0 saturated carbocycles. The van der Waals surface area contributed by atoms with Gasteiger partial charge in [0.25, 0.3) is 5.92 Å². The van der Waals surface area contributed by atoms with Gasteiger partial charge >= 0.3 is 0 Å². The fourth-order valence-corrected chi connectivity index (χ4v) is 4.04. The van der Waals surface area contributed by atoms with Crippen molar-refractivity contribution in [2.24, 2.45) is 0 Å². The Labute approximate surface area is 193 Å². The van der Waals surface area contributed by atoms with Gasteiger partial charge in [-0.1, -0.05) is 6.07 Å². The fourth-order valence-electron chi connectivity index (χ4n) is 4.04. The predicted octanol–water partition coefficient (Wildman–Crippen LogP) is 3.29. The van der Waals surface area contributed by atoms with Crippen LogP contribution in [0.5, 0.6) is 0 Å². The van der Waals surface area contributed by atoms with Gasteiger partial charge in [0, 0.05) is 44.4 Å². The van der Waals surface area contributed by atoms with E-state index < -0.39 is 41.8 Å². The van der Waals surface area contributed by atoms with E-state index in [9.17, 15) is 27.6 Å². The highest BCUT2D eigenvalue weighted by Gasteiger charge is 2.46. The van der Waals surface area contributed by atoms with Gasteiger partial charge in [0.05, 0.1) is 18.3 Å². The summed E-state index contributed by atoms with van der Waals surface area (Å²) < 4.78 is 57.8. The quantitative estimate of drug-likeness (QED) is 0.336. The first-order valence-electron chi connectivity index (χ1n) is 10.7. The fraction of sp³-hybridized carbons (Fsp3) is 0.348. The number of carbonyl (C=O) groups is 1. The van der Waals surface area contributed by atoms with Gasteiger partial charge in [-0.3, -0.25) is 9.69 Å². The van der Waals surface area contributed by atoms with E-state index in [4.69, 9.17) is 0 Å². The minimum atomic E-state index is -2.96. The maximum atomic E-state index is 14.6. The van der Waals surface area contributed by atoms with Crippen molar-refractivity contribution >= 4 is 11.7 Å². The van der Waals surface area contributed by atoms with Crippen molar-refractivity contribution in [1.29, 1.82) is 0 Å². The van der Waals surface area contributed by atoms with Crippen LogP contribution in [0, 0.1) is 16.8 Å². The number of piperidine rings is 1. The second-order valence-corrected chi connectivity index (χ2v) is 8.39. The van der Waals surface area contributed by atoms with Gasteiger partial charge in [0.15, 0.2) is 29.8 Å². The first-order chi connectivity index (χ1) is 16.1. The Hall–Kier alpha value is -3.47. The van der Waals surface area contributed by atoms with Gasteiger partial charge < -0.3 is 15.1 Å². The Kier molecular flexibility index (Phi) is 6.56. The summed E-state index contributed by atoms with van der Waals surface area (Å²) in [6, 6.07) is 5.61. The summed E-state index contributed by atoms with van der Waals surface area (Å²) in [6.07, 6.45) is 4.93. The summed E-state index contributed by atoms with van der Waals surface area (Å²) in [5.74, 6) is -6.15. The molecule has 1 aliphatic heterocycles. The Morgan fingerprint density at radius 3 is 2.71 bits per heavy atom. The third-order valence-electron chi connectivity index (χ3n) is 6.05. The van der Waals surface area contributed by atoms with Crippen LogP contribution in [0.15, 0.2) is 55.2 Å². The van der Waals surface area contributed by atoms with E-state index in [-0.39, 0.29) is 25.5 Å². The predicted molar refractivity (Wildman–Crippen MR) is 115 cm³/mol. The molecule has 180 valence electrons. The summed E-state index contributed by atoms with van der Waals surface area (Å²) in [4.78, 5) is 18.6. The van der Waals surface area contributed by atoms with Crippen LogP contribution in [0.3, 0.4) is 0 Å². The van der Waals surface area contributed by atoms with Gasteiger partial charge in [-0.25, -0.2) is 22.5 Å². The molecule has 7 nitrogen and oxygen atoms in total. The normalized spacial score (nSPS) is 19.0. The number of likely N-dealkylation sites (tertiary alicyclic amines) is 1. The van der Waals surface area contributed by atoms with E-state index in [1.54, 1.807) is 22.6 Å². The number of rotatable bonds is 6. The lowest BCUT2D eigenvalue weighted by molar-refractivity contribution is -0.605. The molecule has 0 spiro atoms. The number of halogens is 4. The van der Waals surface area contributed by atoms with E-state index in [1.165, 1.54) is 36.9 Å². The molecular weight excluding hydrogens is 454 g/mol. The molecule has 0 bridgehead atoms. The molecule has 11 heteroatoms. The molecule has 1 aromatic carbocycles. The zero-order chi connectivity index (χ0) is 24.5. The molecule has 34 heavy (non-hydrogen) atoms. The lowest BCUT2D eigenvalue weighted by atomic mass is 9.87. The van der Waals surface area contributed by atoms with Crippen molar-refractivity contribution in [3.63, 3.8) is 0 Å². The summed E-state index contributed by atoms with van der Waals surface area (Å²) in [5, 5.41) is 13.9. The number of hydrogen-bond donors (Lipinski definition) is 1. The maximum absolute atomic E-state index is 14.6. The maximum Gasteiger partial charge on any atom is 0.257 e. The number of amides is 1. The molecule has 1 N–H and O–H groups in total. The van der Waals surface area contributed by atoms with Crippen LogP contribution in [0.25, 0.3) is 0 Å². The van der Waals surface area contributed by atoms with Crippen molar-refractivity contribution in [3.05, 3.63) is 83.2 Å². The number of nitrogens with one attached hydrogen (secondary N) is 1. The summed E-state index contributed by atoms with van der Waals surface area (Å²) in [5.41, 5.74) is 0.858. The number of carbonyl (C=O) groups excluding carboxylic acids is 1. The molecule has 0 radical (unpaired) electrons. The molecule has 3 heterocycles. The molecule has 2 aromatic heterocycles. The van der Waals surface area contributed by atoms with Crippen molar-refractivity contribution in [2.75, 3.05) is 18.4 Å². The summed E-state index contributed by atoms with van der Waals surface area (Å²) in [6.45, 7) is 1.84. The van der Waals surface area contributed by atoms with Gasteiger partial charge in [0.1, 0.15) is 0 Å². The van der Waals surface area contributed by atoms with Crippen molar-refractivity contribution in [1.82, 2.24) is 14.5 Å². The largest absolute Gasteiger partial charge is 0.619 e. The first kappa shape index (κ1) is 23.7. The van der Waals surface area contributed by atoms with Crippen LogP contribution in [0.4, 0.5) is 23.4 Å². The monoisotopic (exact) mass is 477 g/mol. The third-order valence-corrected chi connectivity index (χ3v) is 6.05. The average Bonchev–Trinajstić information content (AvgIpc) is 3.23. The third kappa shape index (κ3) is 5.19. The SMILES string of the molecule is C[C@@H](C(=O)Nc1cn(Cc2ccc(F)c(F)c2)cn1)N1CCC(F)(F)[C@@H](c2cc[n+]([O-])cc2)C1. The smallest absolute Gasteiger partial charge is 0.257 e. The van der Waals surface area contributed by atoms with Crippen molar-refractivity contribution in [3.8, 4) is 0 Å². The van der Waals surface area contributed by atoms with Crippen molar-refractivity contribution < 1.29 is 27.1 Å². The van der Waals surface area contributed by atoms with E-state index in [0.717, 1.165) is 12.1 Å². The lowest BCUT2D eigenvalue weighted by Crippen LogP contribution is -2.52. The number of benzene rings is 1. The number of alkyl halides is 2. The second kappa shape index (κ2) is 9.41. The number of nitrogens with zero attached hydrogens (tertiary/aromatic N) is 4. The van der Waals surface area contributed by atoms with Crippen LogP contribution in [-0.2, 0) is 11.3 Å².